The molecule has 1 heterocycles. The number of alkyl halides is 3. The van der Waals surface area contributed by atoms with Crippen molar-refractivity contribution in [3.8, 4) is 0 Å². The van der Waals surface area contributed by atoms with Crippen molar-refractivity contribution in [1.29, 1.82) is 0 Å². The quantitative estimate of drug-likeness (QED) is 0.244. The summed E-state index contributed by atoms with van der Waals surface area (Å²) in [5, 5.41) is 5.88. The number of halogens is 4. The van der Waals surface area contributed by atoms with E-state index in [1.54, 1.807) is 48.5 Å². The van der Waals surface area contributed by atoms with E-state index in [4.69, 9.17) is 11.6 Å². The first-order chi connectivity index (χ1) is 14.7. The predicted octanol–water partition coefficient (Wildman–Crippen LogP) is 6.31. The minimum absolute atomic E-state index is 0.0313. The topological polar surface area (TPSA) is 66.9 Å². The normalized spacial score (nSPS) is 11.1. The van der Waals surface area contributed by atoms with E-state index in [0.29, 0.717) is 22.2 Å². The summed E-state index contributed by atoms with van der Waals surface area (Å²) in [6.07, 6.45) is -3.53. The fourth-order valence-electron chi connectivity index (χ4n) is 2.47. The zero-order chi connectivity index (χ0) is 22.4. The average Bonchev–Trinajstić information content (AvgIpc) is 2.72. The van der Waals surface area contributed by atoms with Gasteiger partial charge in [-0.3, -0.25) is 4.79 Å². The van der Waals surface area contributed by atoms with Gasteiger partial charge in [0.05, 0.1) is 0 Å². The van der Waals surface area contributed by atoms with Crippen LogP contribution in [-0.2, 0) is 16.7 Å². The van der Waals surface area contributed by atoms with Gasteiger partial charge in [0.2, 0.25) is 5.91 Å². The third-order valence-electron chi connectivity index (χ3n) is 3.90. The van der Waals surface area contributed by atoms with Crippen LogP contribution in [0, 0.1) is 0 Å². The molecule has 160 valence electrons. The zero-order valence-electron chi connectivity index (χ0n) is 15.9. The molecule has 3 aromatic rings. The van der Waals surface area contributed by atoms with Gasteiger partial charge in [0, 0.05) is 28.2 Å². The number of rotatable bonds is 7. The van der Waals surface area contributed by atoms with Crippen molar-refractivity contribution in [2.45, 2.75) is 17.1 Å². The van der Waals surface area contributed by atoms with Crippen LogP contribution in [0.3, 0.4) is 0 Å². The summed E-state index contributed by atoms with van der Waals surface area (Å²) >= 11 is 7.15. The Morgan fingerprint density at radius 1 is 1.10 bits per heavy atom. The highest BCUT2D eigenvalue weighted by atomic mass is 35.5. The lowest BCUT2D eigenvalue weighted by Gasteiger charge is -2.13. The van der Waals surface area contributed by atoms with E-state index >= 15 is 0 Å². The number of nitrogens with zero attached hydrogens (tertiary/aromatic N) is 2. The van der Waals surface area contributed by atoms with E-state index < -0.39 is 17.8 Å². The molecular weight excluding hydrogens is 449 g/mol. The van der Waals surface area contributed by atoms with E-state index in [1.807, 2.05) is 0 Å². The van der Waals surface area contributed by atoms with Crippen LogP contribution in [0.2, 0.25) is 5.02 Å². The first-order valence-electron chi connectivity index (χ1n) is 8.87. The number of amides is 1. The van der Waals surface area contributed by atoms with E-state index in [9.17, 15) is 18.0 Å². The van der Waals surface area contributed by atoms with Gasteiger partial charge in [0.25, 0.3) is 0 Å². The van der Waals surface area contributed by atoms with Gasteiger partial charge in [-0.05, 0) is 35.9 Å². The lowest BCUT2D eigenvalue weighted by atomic mass is 10.2. The molecule has 0 spiro atoms. The predicted molar refractivity (Wildman–Crippen MR) is 117 cm³/mol. The van der Waals surface area contributed by atoms with Gasteiger partial charge in [0.1, 0.15) is 5.82 Å². The van der Waals surface area contributed by atoms with E-state index in [2.05, 4.69) is 27.2 Å². The molecule has 3 rings (SSSR count). The Labute approximate surface area is 185 Å². The summed E-state index contributed by atoms with van der Waals surface area (Å²) < 4.78 is 40.1. The van der Waals surface area contributed by atoms with Crippen LogP contribution in [0.5, 0.6) is 0 Å². The maximum Gasteiger partial charge on any atom is 0.433 e. The highest BCUT2D eigenvalue weighted by Crippen LogP contribution is 2.33. The molecule has 0 radical (unpaired) electrons. The molecule has 1 aromatic heterocycles. The molecule has 0 bridgehead atoms. The molecule has 0 aliphatic heterocycles. The van der Waals surface area contributed by atoms with Crippen molar-refractivity contribution in [3.63, 3.8) is 0 Å². The Hall–Kier alpha value is -3.04. The third-order valence-corrected chi connectivity index (χ3v) is 5.16. The lowest BCUT2D eigenvalue weighted by molar-refractivity contribution is -0.141. The van der Waals surface area contributed by atoms with Crippen molar-refractivity contribution < 1.29 is 18.0 Å². The van der Waals surface area contributed by atoms with Crippen LogP contribution in [0.1, 0.15) is 11.3 Å². The fraction of sp³-hybridized carbons (Fsp3) is 0.0952. The molecule has 0 saturated heterocycles. The highest BCUT2D eigenvalue weighted by Gasteiger charge is 2.33. The first-order valence-corrected chi connectivity index (χ1v) is 10.2. The number of thioether (sulfide) groups is 1. The number of hydrogen-bond donors (Lipinski definition) is 2. The number of aromatic nitrogens is 2. The van der Waals surface area contributed by atoms with Gasteiger partial charge in [0.15, 0.2) is 10.9 Å². The second kappa shape index (κ2) is 9.84. The van der Waals surface area contributed by atoms with Crippen LogP contribution >= 0.6 is 23.4 Å². The molecule has 0 atom stereocenters. The van der Waals surface area contributed by atoms with Gasteiger partial charge in [-0.25, -0.2) is 9.97 Å². The van der Waals surface area contributed by atoms with Crippen molar-refractivity contribution in [2.24, 2.45) is 0 Å². The molecule has 0 fully saturated rings. The number of benzene rings is 2. The molecule has 0 saturated carbocycles. The molecule has 0 aliphatic rings. The number of nitrogens with one attached hydrogen (secondary N) is 2. The Morgan fingerprint density at radius 2 is 1.84 bits per heavy atom. The zero-order valence-corrected chi connectivity index (χ0v) is 17.5. The first kappa shape index (κ1) is 22.6. The fourth-order valence-corrected chi connectivity index (χ4v) is 3.62. The van der Waals surface area contributed by atoms with Gasteiger partial charge in [-0.1, -0.05) is 54.2 Å². The summed E-state index contributed by atoms with van der Waals surface area (Å²) in [6.45, 7) is 3.37. The molecule has 5 nitrogen and oxygen atoms in total. The van der Waals surface area contributed by atoms with Gasteiger partial charge in [-0.15, -0.1) is 0 Å². The van der Waals surface area contributed by atoms with Crippen LogP contribution in [0.4, 0.5) is 30.4 Å². The maximum absolute atomic E-state index is 13.4. The Balaban J connectivity index is 1.85. The van der Waals surface area contributed by atoms with E-state index in [1.165, 1.54) is 0 Å². The Morgan fingerprint density at radius 3 is 2.55 bits per heavy atom. The minimum atomic E-state index is -4.64. The maximum atomic E-state index is 13.4. The smallest absolute Gasteiger partial charge is 0.340 e. The third kappa shape index (κ3) is 6.47. The Bertz CT molecular complexity index is 1110. The largest absolute Gasteiger partial charge is 0.433 e. The number of carbonyl (C=O) groups excluding carboxylic acids is 1. The van der Waals surface area contributed by atoms with Gasteiger partial charge in [-0.2, -0.15) is 13.2 Å². The van der Waals surface area contributed by atoms with Crippen molar-refractivity contribution in [2.75, 3.05) is 10.6 Å². The molecule has 2 aromatic carbocycles. The lowest BCUT2D eigenvalue weighted by Crippen LogP contribution is -2.11. The highest BCUT2D eigenvalue weighted by molar-refractivity contribution is 7.98. The second-order valence-electron chi connectivity index (χ2n) is 6.20. The summed E-state index contributed by atoms with van der Waals surface area (Å²) in [7, 11) is 0. The van der Waals surface area contributed by atoms with Crippen molar-refractivity contribution in [3.05, 3.63) is 83.5 Å². The van der Waals surface area contributed by atoms with Crippen molar-refractivity contribution in [1.82, 2.24) is 9.97 Å². The number of carbonyl (C=O) groups is 1. The van der Waals surface area contributed by atoms with Gasteiger partial charge >= 0.3 is 6.18 Å². The summed E-state index contributed by atoms with van der Waals surface area (Å²) in [5.74, 6) is -0.128. The molecular formula is C21H16ClF3N4OS. The monoisotopic (exact) mass is 464 g/mol. The molecule has 31 heavy (non-hydrogen) atoms. The molecule has 10 heteroatoms. The van der Waals surface area contributed by atoms with Crippen molar-refractivity contribution >= 4 is 46.5 Å². The van der Waals surface area contributed by atoms with Crippen LogP contribution in [0.15, 0.2) is 72.4 Å². The molecule has 2 N–H and O–H groups in total. The number of hydrogen-bond acceptors (Lipinski definition) is 5. The van der Waals surface area contributed by atoms with Crippen LogP contribution in [-0.4, -0.2) is 15.9 Å². The van der Waals surface area contributed by atoms with E-state index in [0.717, 1.165) is 29.5 Å². The molecule has 1 amide bonds. The van der Waals surface area contributed by atoms with Gasteiger partial charge < -0.3 is 10.6 Å². The second-order valence-corrected chi connectivity index (χ2v) is 7.55. The summed E-state index contributed by atoms with van der Waals surface area (Å²) in [4.78, 5) is 19.3. The van der Waals surface area contributed by atoms with Crippen LogP contribution < -0.4 is 10.6 Å². The molecule has 0 aliphatic carbocycles. The van der Waals surface area contributed by atoms with Crippen LogP contribution in [0.25, 0.3) is 0 Å². The number of anilines is 3. The summed E-state index contributed by atoms with van der Waals surface area (Å²) in [6, 6.07) is 14.3. The average molecular weight is 465 g/mol. The Kier molecular flexibility index (Phi) is 7.19. The minimum Gasteiger partial charge on any atom is -0.340 e. The standard InChI is InChI=1S/C21H16ClF3N4OS/c1-2-19(30)27-15-8-5-7-14(10-15)26-18-11-17(21(23,24)25)28-20(29-18)31-12-13-6-3-4-9-16(13)22/h2-11H,1,12H2,(H,27,30)(H,26,28,29). The SMILES string of the molecule is C=CC(=O)Nc1cccc(Nc2cc(C(F)(F)F)nc(SCc3ccccc3Cl)n2)c1. The van der Waals surface area contributed by atoms with E-state index in [-0.39, 0.29) is 11.0 Å². The summed E-state index contributed by atoms with van der Waals surface area (Å²) in [5.41, 5.74) is 0.585. The molecule has 0 unspecified atom stereocenters.